The van der Waals surface area contributed by atoms with Crippen LogP contribution >= 0.6 is 0 Å². The second kappa shape index (κ2) is 7.79. The van der Waals surface area contributed by atoms with E-state index in [9.17, 15) is 9.59 Å². The van der Waals surface area contributed by atoms with E-state index in [1.807, 2.05) is 48.8 Å². The lowest BCUT2D eigenvalue weighted by atomic mass is 10.1. The van der Waals surface area contributed by atoms with Crippen molar-refractivity contribution in [2.24, 2.45) is 11.7 Å². The van der Waals surface area contributed by atoms with E-state index >= 15 is 0 Å². The van der Waals surface area contributed by atoms with Gasteiger partial charge in [0.1, 0.15) is 0 Å². The highest BCUT2D eigenvalue weighted by Gasteiger charge is 2.40. The van der Waals surface area contributed by atoms with Gasteiger partial charge in [0, 0.05) is 38.1 Å². The first kappa shape index (κ1) is 18.5. The van der Waals surface area contributed by atoms with Crippen molar-refractivity contribution in [1.29, 1.82) is 0 Å². The second-order valence-corrected chi connectivity index (χ2v) is 7.43. The number of amides is 2. The molecule has 2 amide bonds. The van der Waals surface area contributed by atoms with Gasteiger partial charge in [-0.1, -0.05) is 30.3 Å². The van der Waals surface area contributed by atoms with Gasteiger partial charge in [0.15, 0.2) is 0 Å². The Morgan fingerprint density at radius 1 is 1.25 bits per heavy atom. The molecule has 1 saturated heterocycles. The maximum Gasteiger partial charge on any atom is 0.228 e. The maximum absolute atomic E-state index is 12.9. The van der Waals surface area contributed by atoms with E-state index in [1.54, 1.807) is 0 Å². The molecule has 0 saturated carbocycles. The molecule has 5 nitrogen and oxygen atoms in total. The molecular weight excluding hydrogens is 302 g/mol. The number of nitrogens with two attached hydrogens (primary N) is 1. The lowest BCUT2D eigenvalue weighted by Gasteiger charge is -2.32. The van der Waals surface area contributed by atoms with E-state index in [4.69, 9.17) is 5.73 Å². The third-order valence-electron chi connectivity index (χ3n) is 4.51. The van der Waals surface area contributed by atoms with Gasteiger partial charge in [-0.2, -0.15) is 0 Å². The fourth-order valence-corrected chi connectivity index (χ4v) is 3.18. The van der Waals surface area contributed by atoms with Gasteiger partial charge < -0.3 is 15.5 Å². The first-order valence-electron chi connectivity index (χ1n) is 8.66. The molecule has 2 N–H and O–H groups in total. The van der Waals surface area contributed by atoms with Crippen LogP contribution in [0.15, 0.2) is 30.3 Å². The number of carbonyl (C=O) groups excluding carboxylic acids is 2. The minimum Gasteiger partial charge on any atom is -0.341 e. The first-order valence-corrected chi connectivity index (χ1v) is 8.66. The highest BCUT2D eigenvalue weighted by Crippen LogP contribution is 2.27. The van der Waals surface area contributed by atoms with Crippen molar-refractivity contribution in [2.45, 2.75) is 39.2 Å². The molecule has 0 aliphatic carbocycles. The largest absolute Gasteiger partial charge is 0.341 e. The van der Waals surface area contributed by atoms with E-state index in [2.05, 4.69) is 12.1 Å². The van der Waals surface area contributed by atoms with E-state index in [1.165, 1.54) is 5.56 Å². The van der Waals surface area contributed by atoms with Crippen LogP contribution in [-0.2, 0) is 16.0 Å². The molecule has 1 aromatic carbocycles. The van der Waals surface area contributed by atoms with Crippen LogP contribution in [0.2, 0.25) is 0 Å². The highest BCUT2D eigenvalue weighted by atomic mass is 16.2. The van der Waals surface area contributed by atoms with Crippen molar-refractivity contribution < 1.29 is 9.59 Å². The lowest BCUT2D eigenvalue weighted by Crippen LogP contribution is -2.44. The average molecular weight is 331 g/mol. The molecular formula is C19H29N3O2. The summed E-state index contributed by atoms with van der Waals surface area (Å²) >= 11 is 0. The monoisotopic (exact) mass is 331 g/mol. The van der Waals surface area contributed by atoms with Crippen molar-refractivity contribution in [1.82, 2.24) is 9.80 Å². The molecule has 1 aliphatic rings. The average Bonchev–Trinajstić information content (AvgIpc) is 2.94. The summed E-state index contributed by atoms with van der Waals surface area (Å²) in [5.41, 5.74) is 6.65. The van der Waals surface area contributed by atoms with Crippen LogP contribution < -0.4 is 5.73 Å². The van der Waals surface area contributed by atoms with Gasteiger partial charge in [-0.25, -0.2) is 0 Å². The Balaban J connectivity index is 2.00. The fraction of sp³-hybridized carbons (Fsp3) is 0.579. The summed E-state index contributed by atoms with van der Waals surface area (Å²) in [6, 6.07) is 10.1. The molecule has 0 spiro atoms. The summed E-state index contributed by atoms with van der Waals surface area (Å²) in [5, 5.41) is 0. The standard InChI is InChI=1S/C19H29N3O2/c1-19(2,3)22-14-16(13-17(22)23)18(24)21(12-10-20)11-9-15-7-5-4-6-8-15/h4-8,16H,9-14,20H2,1-3H3. The fourth-order valence-electron chi connectivity index (χ4n) is 3.18. The summed E-state index contributed by atoms with van der Waals surface area (Å²) < 4.78 is 0. The topological polar surface area (TPSA) is 66.6 Å². The molecule has 2 rings (SSSR count). The third kappa shape index (κ3) is 4.57. The summed E-state index contributed by atoms with van der Waals surface area (Å²) in [6.07, 6.45) is 1.11. The first-order chi connectivity index (χ1) is 11.3. The Bertz CT molecular complexity index is 566. The van der Waals surface area contributed by atoms with Gasteiger partial charge in [-0.05, 0) is 32.8 Å². The molecule has 1 fully saturated rings. The molecule has 0 bridgehead atoms. The molecule has 1 unspecified atom stereocenters. The van der Waals surface area contributed by atoms with Gasteiger partial charge in [0.05, 0.1) is 5.92 Å². The summed E-state index contributed by atoms with van der Waals surface area (Å²) in [4.78, 5) is 28.7. The van der Waals surface area contributed by atoms with Crippen molar-refractivity contribution >= 4 is 11.8 Å². The van der Waals surface area contributed by atoms with Gasteiger partial charge in [0.2, 0.25) is 11.8 Å². The smallest absolute Gasteiger partial charge is 0.228 e. The van der Waals surface area contributed by atoms with Crippen LogP contribution in [0.5, 0.6) is 0 Å². The van der Waals surface area contributed by atoms with Gasteiger partial charge in [-0.3, -0.25) is 9.59 Å². The van der Waals surface area contributed by atoms with Crippen molar-refractivity contribution in [3.63, 3.8) is 0 Å². The number of benzene rings is 1. The van der Waals surface area contributed by atoms with Crippen molar-refractivity contribution in [3.8, 4) is 0 Å². The zero-order valence-electron chi connectivity index (χ0n) is 15.0. The molecule has 5 heteroatoms. The van der Waals surface area contributed by atoms with Gasteiger partial charge in [0.25, 0.3) is 0 Å². The number of likely N-dealkylation sites (tertiary alicyclic amines) is 1. The van der Waals surface area contributed by atoms with Crippen LogP contribution in [0.1, 0.15) is 32.8 Å². The Hall–Kier alpha value is -1.88. The van der Waals surface area contributed by atoms with Crippen LogP contribution in [0.25, 0.3) is 0 Å². The van der Waals surface area contributed by atoms with E-state index < -0.39 is 0 Å². The molecule has 1 atom stereocenters. The molecule has 1 aromatic rings. The van der Waals surface area contributed by atoms with Crippen LogP contribution in [-0.4, -0.2) is 53.3 Å². The number of rotatable bonds is 6. The quantitative estimate of drug-likeness (QED) is 0.862. The number of hydrogen-bond donors (Lipinski definition) is 1. The van der Waals surface area contributed by atoms with E-state index in [0.29, 0.717) is 32.6 Å². The Kier molecular flexibility index (Phi) is 5.99. The molecule has 0 aromatic heterocycles. The maximum atomic E-state index is 12.9. The zero-order valence-corrected chi connectivity index (χ0v) is 15.0. The Morgan fingerprint density at radius 3 is 2.46 bits per heavy atom. The molecule has 1 heterocycles. The second-order valence-electron chi connectivity index (χ2n) is 7.43. The Morgan fingerprint density at radius 2 is 1.92 bits per heavy atom. The molecule has 0 radical (unpaired) electrons. The highest BCUT2D eigenvalue weighted by molar-refractivity contribution is 5.89. The van der Waals surface area contributed by atoms with Gasteiger partial charge in [-0.15, -0.1) is 0 Å². The number of nitrogens with zero attached hydrogens (tertiary/aromatic N) is 2. The van der Waals surface area contributed by atoms with E-state index in [-0.39, 0.29) is 23.3 Å². The minimum atomic E-state index is -0.251. The predicted octanol–water partition coefficient (Wildman–Crippen LogP) is 1.66. The molecule has 1 aliphatic heterocycles. The summed E-state index contributed by atoms with van der Waals surface area (Å²) in [6.45, 7) is 8.13. The van der Waals surface area contributed by atoms with Crippen LogP contribution in [0, 0.1) is 5.92 Å². The minimum absolute atomic E-state index is 0.0523. The zero-order chi connectivity index (χ0) is 17.7. The predicted molar refractivity (Wildman–Crippen MR) is 95.4 cm³/mol. The van der Waals surface area contributed by atoms with E-state index in [0.717, 1.165) is 6.42 Å². The lowest BCUT2D eigenvalue weighted by molar-refractivity contribution is -0.135. The van der Waals surface area contributed by atoms with Crippen molar-refractivity contribution in [3.05, 3.63) is 35.9 Å². The normalized spacial score (nSPS) is 18.1. The molecule has 24 heavy (non-hydrogen) atoms. The SMILES string of the molecule is CC(C)(C)N1CC(C(=O)N(CCN)CCc2ccccc2)CC1=O. The van der Waals surface area contributed by atoms with Crippen LogP contribution in [0.4, 0.5) is 0 Å². The summed E-state index contributed by atoms with van der Waals surface area (Å²) in [7, 11) is 0. The van der Waals surface area contributed by atoms with Crippen molar-refractivity contribution in [2.75, 3.05) is 26.2 Å². The summed E-state index contributed by atoms with van der Waals surface area (Å²) in [5.74, 6) is -0.132. The Labute approximate surface area is 144 Å². The van der Waals surface area contributed by atoms with Crippen LogP contribution in [0.3, 0.4) is 0 Å². The van der Waals surface area contributed by atoms with Gasteiger partial charge >= 0.3 is 0 Å². The third-order valence-corrected chi connectivity index (χ3v) is 4.51. The molecule has 132 valence electrons. The number of hydrogen-bond acceptors (Lipinski definition) is 3. The number of carbonyl (C=O) groups is 2.